The minimum Gasteiger partial charge on any atom is -0.432 e. The number of ether oxygens (including phenoxy) is 1. The second-order valence-electron chi connectivity index (χ2n) is 4.15. The van der Waals surface area contributed by atoms with Crippen molar-refractivity contribution in [2.45, 2.75) is 22.9 Å². The van der Waals surface area contributed by atoms with E-state index in [1.807, 2.05) is 30.3 Å². The Hall–Kier alpha value is -1.25. The van der Waals surface area contributed by atoms with Crippen LogP contribution in [0, 0.1) is 10.1 Å². The quantitative estimate of drug-likeness (QED) is 0.253. The highest BCUT2D eigenvalue weighted by Gasteiger charge is 2.59. The van der Waals surface area contributed by atoms with Crippen molar-refractivity contribution in [3.8, 4) is 0 Å². The molecule has 0 saturated carbocycles. The number of cyclic esters (lactones) is 1. The Morgan fingerprint density at radius 1 is 1.37 bits per heavy atom. The lowest BCUT2D eigenvalue weighted by Crippen LogP contribution is -2.49. The molecule has 8 heteroatoms. The highest BCUT2D eigenvalue weighted by Crippen LogP contribution is 2.35. The van der Waals surface area contributed by atoms with Crippen LogP contribution >= 0.6 is 25.3 Å². The molecule has 1 fully saturated rings. The van der Waals surface area contributed by atoms with Gasteiger partial charge in [0.15, 0.2) is 0 Å². The minimum atomic E-state index is -1.50. The van der Waals surface area contributed by atoms with E-state index >= 15 is 0 Å². The van der Waals surface area contributed by atoms with Gasteiger partial charge in [-0.1, -0.05) is 30.3 Å². The largest absolute Gasteiger partial charge is 0.432 e. The van der Waals surface area contributed by atoms with Crippen LogP contribution in [0.2, 0.25) is 0 Å². The van der Waals surface area contributed by atoms with Gasteiger partial charge in [0, 0.05) is 11.5 Å². The van der Waals surface area contributed by atoms with E-state index in [-0.39, 0.29) is 0 Å². The summed E-state index contributed by atoms with van der Waals surface area (Å²) >= 11 is 8.12. The summed E-state index contributed by atoms with van der Waals surface area (Å²) in [5, 5.41) is 13.8. The second-order valence-corrected chi connectivity index (χ2v) is 5.84. The molecule has 19 heavy (non-hydrogen) atoms. The summed E-state index contributed by atoms with van der Waals surface area (Å²) in [4.78, 5) is 21.7. The summed E-state index contributed by atoms with van der Waals surface area (Å²) in [6, 6.07) is 6.89. The SMILES string of the molecule is O=C1OC(S)(S)[C@H](NCc2ccccc2)[C@H]1[N+](=O)[O-]. The van der Waals surface area contributed by atoms with Gasteiger partial charge < -0.3 is 4.74 Å². The topological polar surface area (TPSA) is 81.5 Å². The molecule has 1 aliphatic rings. The maximum atomic E-state index is 11.5. The molecule has 1 N–H and O–H groups in total. The van der Waals surface area contributed by atoms with Crippen molar-refractivity contribution in [3.63, 3.8) is 0 Å². The van der Waals surface area contributed by atoms with E-state index < -0.39 is 27.2 Å². The molecule has 0 unspecified atom stereocenters. The van der Waals surface area contributed by atoms with Crippen LogP contribution in [0.15, 0.2) is 30.3 Å². The fourth-order valence-electron chi connectivity index (χ4n) is 1.89. The monoisotopic (exact) mass is 300 g/mol. The number of nitro groups is 1. The molecule has 0 spiro atoms. The van der Waals surface area contributed by atoms with Crippen molar-refractivity contribution in [3.05, 3.63) is 46.0 Å². The Balaban J connectivity index is 2.12. The molecule has 1 aromatic carbocycles. The average Bonchev–Trinajstić information content (AvgIpc) is 2.57. The third kappa shape index (κ3) is 3.02. The van der Waals surface area contributed by atoms with Gasteiger partial charge in [-0.2, -0.15) is 0 Å². The molecule has 1 heterocycles. The highest BCUT2D eigenvalue weighted by molar-refractivity contribution is 8.00. The van der Waals surface area contributed by atoms with E-state index in [0.29, 0.717) is 6.54 Å². The summed E-state index contributed by atoms with van der Waals surface area (Å²) in [7, 11) is 0. The minimum absolute atomic E-state index is 0.357. The third-order valence-corrected chi connectivity index (χ3v) is 3.55. The van der Waals surface area contributed by atoms with Gasteiger partial charge in [-0.05, 0) is 5.56 Å². The predicted molar refractivity (Wildman–Crippen MR) is 74.6 cm³/mol. The molecule has 2 rings (SSSR count). The van der Waals surface area contributed by atoms with Gasteiger partial charge in [0.1, 0.15) is 6.04 Å². The number of rotatable bonds is 4. The number of esters is 1. The zero-order chi connectivity index (χ0) is 14.0. The van der Waals surface area contributed by atoms with Crippen LogP contribution < -0.4 is 5.32 Å². The zero-order valence-corrected chi connectivity index (χ0v) is 11.5. The molecule has 2 atom stereocenters. The maximum absolute atomic E-state index is 11.5. The lowest BCUT2D eigenvalue weighted by atomic mass is 10.1. The summed E-state index contributed by atoms with van der Waals surface area (Å²) < 4.78 is 3.31. The number of carbonyl (C=O) groups is 1. The molecule has 0 aliphatic carbocycles. The molecular weight excluding hydrogens is 288 g/mol. The Labute approximate surface area is 120 Å². The van der Waals surface area contributed by atoms with E-state index in [2.05, 4.69) is 30.6 Å². The van der Waals surface area contributed by atoms with E-state index in [1.54, 1.807) is 0 Å². The molecule has 0 amide bonds. The van der Waals surface area contributed by atoms with Crippen LogP contribution in [0.1, 0.15) is 5.56 Å². The zero-order valence-electron chi connectivity index (χ0n) is 9.72. The number of thiol groups is 2. The summed E-state index contributed by atoms with van der Waals surface area (Å²) in [5.74, 6) is -0.930. The normalized spacial score (nSPS) is 25.1. The molecule has 0 aromatic heterocycles. The first kappa shape index (κ1) is 14.2. The molecule has 102 valence electrons. The van der Waals surface area contributed by atoms with E-state index in [0.717, 1.165) is 5.56 Å². The number of hydrogen-bond acceptors (Lipinski definition) is 7. The Morgan fingerprint density at radius 3 is 2.58 bits per heavy atom. The average molecular weight is 300 g/mol. The van der Waals surface area contributed by atoms with E-state index in [1.165, 1.54) is 0 Å². The third-order valence-electron chi connectivity index (χ3n) is 2.81. The van der Waals surface area contributed by atoms with Crippen LogP contribution in [-0.4, -0.2) is 27.2 Å². The van der Waals surface area contributed by atoms with Crippen LogP contribution in [0.25, 0.3) is 0 Å². The van der Waals surface area contributed by atoms with Crippen molar-refractivity contribution >= 4 is 31.2 Å². The number of nitrogens with one attached hydrogen (secondary N) is 1. The standard InChI is InChI=1S/C11H12N2O4S2/c14-10-8(13(15)16)9(11(18,19)17-10)12-6-7-4-2-1-3-5-7/h1-5,8-9,12,18-19H,6H2/t8-,9-/m1/s1. The molecule has 0 radical (unpaired) electrons. The van der Waals surface area contributed by atoms with Crippen molar-refractivity contribution in [2.24, 2.45) is 0 Å². The highest BCUT2D eigenvalue weighted by atomic mass is 32.2. The Bertz CT molecular complexity index is 495. The molecule has 6 nitrogen and oxygen atoms in total. The fourth-order valence-corrected chi connectivity index (χ4v) is 2.53. The summed E-state index contributed by atoms with van der Waals surface area (Å²) in [5.41, 5.74) is 0.932. The Kier molecular flexibility index (Phi) is 4.02. The van der Waals surface area contributed by atoms with E-state index in [4.69, 9.17) is 4.74 Å². The van der Waals surface area contributed by atoms with Crippen molar-refractivity contribution < 1.29 is 14.5 Å². The van der Waals surface area contributed by atoms with Crippen molar-refractivity contribution in [1.29, 1.82) is 0 Å². The van der Waals surface area contributed by atoms with Crippen LogP contribution in [0.3, 0.4) is 0 Å². The number of nitrogens with zero attached hydrogens (tertiary/aromatic N) is 1. The summed E-state index contributed by atoms with van der Waals surface area (Å²) in [6.07, 6.45) is 0. The predicted octanol–water partition coefficient (Wildman–Crippen LogP) is 0.860. The number of hydrogen-bond donors (Lipinski definition) is 3. The smallest absolute Gasteiger partial charge is 0.385 e. The van der Waals surface area contributed by atoms with Crippen LogP contribution in [0.4, 0.5) is 0 Å². The van der Waals surface area contributed by atoms with Gasteiger partial charge >= 0.3 is 12.0 Å². The van der Waals surface area contributed by atoms with Gasteiger partial charge in [-0.3, -0.25) is 15.4 Å². The molecular formula is C11H12N2O4S2. The molecule has 1 saturated heterocycles. The molecule has 1 aromatic rings. The first-order chi connectivity index (χ1) is 8.92. The lowest BCUT2D eigenvalue weighted by molar-refractivity contribution is -0.509. The molecule has 1 aliphatic heterocycles. The molecule has 0 bridgehead atoms. The van der Waals surface area contributed by atoms with Crippen LogP contribution in [-0.2, 0) is 16.1 Å². The van der Waals surface area contributed by atoms with Gasteiger partial charge in [0.05, 0.1) is 0 Å². The van der Waals surface area contributed by atoms with Gasteiger partial charge in [-0.25, -0.2) is 4.79 Å². The van der Waals surface area contributed by atoms with Crippen molar-refractivity contribution in [2.75, 3.05) is 0 Å². The van der Waals surface area contributed by atoms with E-state index in [9.17, 15) is 14.9 Å². The lowest BCUT2D eigenvalue weighted by Gasteiger charge is -2.23. The second kappa shape index (κ2) is 5.40. The summed E-state index contributed by atoms with van der Waals surface area (Å²) in [6.45, 7) is 0.357. The number of benzene rings is 1. The fraction of sp³-hybridized carbons (Fsp3) is 0.364. The van der Waals surface area contributed by atoms with Crippen LogP contribution in [0.5, 0.6) is 0 Å². The maximum Gasteiger partial charge on any atom is 0.385 e. The van der Waals surface area contributed by atoms with Gasteiger partial charge in [-0.15, -0.1) is 25.3 Å². The first-order valence-electron chi connectivity index (χ1n) is 5.50. The number of carbonyl (C=O) groups excluding carboxylic acids is 1. The Morgan fingerprint density at radius 2 is 2.00 bits per heavy atom. The first-order valence-corrected chi connectivity index (χ1v) is 6.39. The van der Waals surface area contributed by atoms with Gasteiger partial charge in [0.25, 0.3) is 0 Å². The van der Waals surface area contributed by atoms with Crippen molar-refractivity contribution in [1.82, 2.24) is 5.32 Å². The van der Waals surface area contributed by atoms with Gasteiger partial charge in [0.2, 0.25) is 4.27 Å².